The molecule has 0 bridgehead atoms. The number of ether oxygens (including phenoxy) is 1. The van der Waals surface area contributed by atoms with Crippen LogP contribution in [0.3, 0.4) is 0 Å². The van der Waals surface area contributed by atoms with Gasteiger partial charge in [-0.25, -0.2) is 0 Å². The van der Waals surface area contributed by atoms with Crippen LogP contribution < -0.4 is 4.74 Å². The highest BCUT2D eigenvalue weighted by atomic mass is 35.5. The van der Waals surface area contributed by atoms with Crippen LogP contribution in [0.4, 0.5) is 0 Å². The van der Waals surface area contributed by atoms with E-state index in [4.69, 9.17) is 20.8 Å². The molecule has 1 aromatic heterocycles. The predicted octanol–water partition coefficient (Wildman–Crippen LogP) is 2.95. The van der Waals surface area contributed by atoms with Crippen molar-refractivity contribution in [2.75, 3.05) is 0 Å². The van der Waals surface area contributed by atoms with Gasteiger partial charge in [-0.2, -0.15) is 0 Å². The van der Waals surface area contributed by atoms with Gasteiger partial charge in [-0.05, 0) is 24.1 Å². The standard InChI is InChI=1S/C12H13ClN2O2/c1-2-9-3-5-10(6-4-9)16-8-12-15-14-11(7-13)17-12/h3-6H,2,7-8H2,1H3. The maximum Gasteiger partial charge on any atom is 0.253 e. The zero-order chi connectivity index (χ0) is 12.1. The number of alkyl halides is 1. The van der Waals surface area contributed by atoms with E-state index in [1.165, 1.54) is 5.56 Å². The van der Waals surface area contributed by atoms with E-state index in [9.17, 15) is 0 Å². The third-order valence-electron chi connectivity index (χ3n) is 2.32. The SMILES string of the molecule is CCc1ccc(OCc2nnc(CCl)o2)cc1. The Bertz CT molecular complexity index is 468. The van der Waals surface area contributed by atoms with Crippen LogP contribution >= 0.6 is 11.6 Å². The minimum absolute atomic E-state index is 0.220. The summed E-state index contributed by atoms with van der Waals surface area (Å²) in [6, 6.07) is 7.93. The Kier molecular flexibility index (Phi) is 3.98. The molecule has 1 aromatic carbocycles. The molecule has 0 fully saturated rings. The Hall–Kier alpha value is -1.55. The van der Waals surface area contributed by atoms with Crippen molar-refractivity contribution < 1.29 is 9.15 Å². The first-order valence-corrected chi connectivity index (χ1v) is 5.94. The molecule has 0 radical (unpaired) electrons. The Morgan fingerprint density at radius 1 is 1.18 bits per heavy atom. The predicted molar refractivity (Wildman–Crippen MR) is 64.0 cm³/mol. The summed E-state index contributed by atoms with van der Waals surface area (Å²) in [5.74, 6) is 1.85. The van der Waals surface area contributed by atoms with Gasteiger partial charge in [0, 0.05) is 0 Å². The van der Waals surface area contributed by atoms with Gasteiger partial charge in [0.25, 0.3) is 5.89 Å². The summed E-state index contributed by atoms with van der Waals surface area (Å²) in [5, 5.41) is 7.56. The molecule has 4 nitrogen and oxygen atoms in total. The van der Waals surface area contributed by atoms with Crippen molar-refractivity contribution in [3.05, 3.63) is 41.6 Å². The second kappa shape index (κ2) is 5.68. The average molecular weight is 253 g/mol. The molecular formula is C12H13ClN2O2. The number of hydrogen-bond donors (Lipinski definition) is 0. The van der Waals surface area contributed by atoms with E-state index >= 15 is 0 Å². The van der Waals surface area contributed by atoms with Crippen LogP contribution in [0.25, 0.3) is 0 Å². The zero-order valence-electron chi connectivity index (χ0n) is 9.52. The van der Waals surface area contributed by atoms with E-state index < -0.39 is 0 Å². The molecule has 17 heavy (non-hydrogen) atoms. The van der Waals surface area contributed by atoms with Crippen molar-refractivity contribution in [1.82, 2.24) is 10.2 Å². The van der Waals surface area contributed by atoms with Crippen molar-refractivity contribution in [2.24, 2.45) is 0 Å². The first kappa shape index (κ1) is 11.9. The first-order valence-electron chi connectivity index (χ1n) is 5.40. The lowest BCUT2D eigenvalue weighted by Gasteiger charge is -2.03. The molecule has 0 aliphatic carbocycles. The Morgan fingerprint density at radius 2 is 1.88 bits per heavy atom. The summed E-state index contributed by atoms with van der Waals surface area (Å²) >= 11 is 5.55. The smallest absolute Gasteiger partial charge is 0.253 e. The highest BCUT2D eigenvalue weighted by Crippen LogP contribution is 2.14. The van der Waals surface area contributed by atoms with Crippen LogP contribution in [0.2, 0.25) is 0 Å². The number of halogens is 1. The number of rotatable bonds is 5. The largest absolute Gasteiger partial charge is 0.484 e. The lowest BCUT2D eigenvalue weighted by atomic mass is 10.2. The van der Waals surface area contributed by atoms with Crippen molar-refractivity contribution in [1.29, 1.82) is 0 Å². The second-order valence-corrected chi connectivity index (χ2v) is 3.78. The number of aryl methyl sites for hydroxylation is 1. The second-order valence-electron chi connectivity index (χ2n) is 3.51. The molecule has 0 aliphatic rings. The average Bonchev–Trinajstić information content (AvgIpc) is 2.85. The topological polar surface area (TPSA) is 48.2 Å². The minimum atomic E-state index is 0.220. The van der Waals surface area contributed by atoms with Gasteiger partial charge in [0.05, 0.1) is 0 Å². The van der Waals surface area contributed by atoms with Crippen LogP contribution in [-0.4, -0.2) is 10.2 Å². The normalized spacial score (nSPS) is 10.5. The molecule has 0 spiro atoms. The molecule has 2 aromatic rings. The molecule has 90 valence electrons. The van der Waals surface area contributed by atoms with Crippen LogP contribution in [0.15, 0.2) is 28.7 Å². The van der Waals surface area contributed by atoms with Gasteiger partial charge in [0.1, 0.15) is 11.6 Å². The third kappa shape index (κ3) is 3.20. The van der Waals surface area contributed by atoms with Gasteiger partial charge in [0.15, 0.2) is 6.61 Å². The Morgan fingerprint density at radius 3 is 2.47 bits per heavy atom. The number of benzene rings is 1. The van der Waals surface area contributed by atoms with Gasteiger partial charge in [-0.15, -0.1) is 21.8 Å². The molecule has 0 saturated carbocycles. The summed E-state index contributed by atoms with van der Waals surface area (Å²) in [4.78, 5) is 0. The van der Waals surface area contributed by atoms with Crippen molar-refractivity contribution >= 4 is 11.6 Å². The Labute approximate surface area is 105 Å². The quantitative estimate of drug-likeness (QED) is 0.768. The highest BCUT2D eigenvalue weighted by molar-refractivity contribution is 6.16. The molecule has 0 unspecified atom stereocenters. The lowest BCUT2D eigenvalue weighted by Crippen LogP contribution is -1.95. The fourth-order valence-electron chi connectivity index (χ4n) is 1.37. The van der Waals surface area contributed by atoms with Crippen LogP contribution in [0, 0.1) is 0 Å². The van der Waals surface area contributed by atoms with Crippen molar-refractivity contribution in [2.45, 2.75) is 25.8 Å². The molecule has 1 heterocycles. The molecule has 0 N–H and O–H groups in total. The molecule has 0 aliphatic heterocycles. The van der Waals surface area contributed by atoms with E-state index in [2.05, 4.69) is 17.1 Å². The maximum atomic E-state index is 5.55. The molecule has 0 saturated heterocycles. The Balaban J connectivity index is 1.92. The minimum Gasteiger partial charge on any atom is -0.484 e. The van der Waals surface area contributed by atoms with E-state index in [1.54, 1.807) is 0 Å². The molecular weight excluding hydrogens is 240 g/mol. The number of aromatic nitrogens is 2. The van der Waals surface area contributed by atoms with Gasteiger partial charge in [-0.1, -0.05) is 19.1 Å². The molecule has 5 heteroatoms. The van der Waals surface area contributed by atoms with Gasteiger partial charge < -0.3 is 9.15 Å². The summed E-state index contributed by atoms with van der Waals surface area (Å²) in [6.07, 6.45) is 1.02. The summed E-state index contributed by atoms with van der Waals surface area (Å²) in [5.41, 5.74) is 1.28. The monoisotopic (exact) mass is 252 g/mol. The maximum absolute atomic E-state index is 5.55. The van der Waals surface area contributed by atoms with E-state index in [-0.39, 0.29) is 12.5 Å². The highest BCUT2D eigenvalue weighted by Gasteiger charge is 2.05. The fourth-order valence-corrected chi connectivity index (χ4v) is 1.48. The summed E-state index contributed by atoms with van der Waals surface area (Å²) in [6.45, 7) is 2.37. The number of hydrogen-bond acceptors (Lipinski definition) is 4. The van der Waals surface area contributed by atoms with Crippen molar-refractivity contribution in [3.63, 3.8) is 0 Å². The molecule has 0 amide bonds. The lowest BCUT2D eigenvalue weighted by molar-refractivity contribution is 0.260. The summed E-state index contributed by atoms with van der Waals surface area (Å²) in [7, 11) is 0. The number of nitrogens with zero attached hydrogens (tertiary/aromatic N) is 2. The van der Waals surface area contributed by atoms with Crippen LogP contribution in [0.1, 0.15) is 24.3 Å². The summed E-state index contributed by atoms with van der Waals surface area (Å²) < 4.78 is 10.7. The zero-order valence-corrected chi connectivity index (χ0v) is 10.3. The van der Waals surface area contributed by atoms with Crippen LogP contribution in [-0.2, 0) is 18.9 Å². The molecule has 2 rings (SSSR count). The van der Waals surface area contributed by atoms with Gasteiger partial charge in [0.2, 0.25) is 5.89 Å². The van der Waals surface area contributed by atoms with Crippen LogP contribution in [0.5, 0.6) is 5.75 Å². The van der Waals surface area contributed by atoms with E-state index in [0.717, 1.165) is 12.2 Å². The van der Waals surface area contributed by atoms with Gasteiger partial charge >= 0.3 is 0 Å². The van der Waals surface area contributed by atoms with E-state index in [0.29, 0.717) is 11.8 Å². The first-order chi connectivity index (χ1) is 8.31. The van der Waals surface area contributed by atoms with Crippen molar-refractivity contribution in [3.8, 4) is 5.75 Å². The van der Waals surface area contributed by atoms with E-state index in [1.807, 2.05) is 24.3 Å². The fraction of sp³-hybridized carbons (Fsp3) is 0.333. The van der Waals surface area contributed by atoms with Gasteiger partial charge in [-0.3, -0.25) is 0 Å². The molecule has 0 atom stereocenters. The third-order valence-corrected chi connectivity index (χ3v) is 2.55.